The first-order valence-corrected chi connectivity index (χ1v) is 10.9. The summed E-state index contributed by atoms with van der Waals surface area (Å²) in [5.74, 6) is -0.814. The van der Waals surface area contributed by atoms with Crippen LogP contribution in [0.4, 0.5) is 0 Å². The highest BCUT2D eigenvalue weighted by molar-refractivity contribution is 7.92. The summed E-state index contributed by atoms with van der Waals surface area (Å²) in [6, 6.07) is 5.63. The van der Waals surface area contributed by atoms with E-state index in [0.29, 0.717) is 11.3 Å². The molecule has 1 aromatic heterocycles. The number of rotatable bonds is 4. The minimum atomic E-state index is -3.98. The second-order valence-electron chi connectivity index (χ2n) is 6.13. The van der Waals surface area contributed by atoms with E-state index < -0.39 is 37.8 Å². The van der Waals surface area contributed by atoms with E-state index in [1.54, 1.807) is 37.5 Å². The Morgan fingerprint density at radius 1 is 1.32 bits per heavy atom. The topological polar surface area (TPSA) is 110 Å². The number of nitrogens with zero attached hydrogens (tertiary/aromatic N) is 3. The molecule has 1 fully saturated rings. The first-order valence-electron chi connectivity index (χ1n) is 7.59. The third-order valence-corrected chi connectivity index (χ3v) is 8.08. The van der Waals surface area contributed by atoms with Gasteiger partial charge in [0.15, 0.2) is 9.84 Å². The largest absolute Gasteiger partial charge is 0.390 e. The Labute approximate surface area is 146 Å². The van der Waals surface area contributed by atoms with E-state index >= 15 is 0 Å². The van der Waals surface area contributed by atoms with Gasteiger partial charge in [-0.2, -0.15) is 9.40 Å². The fraction of sp³-hybridized carbons (Fsp3) is 0.400. The van der Waals surface area contributed by atoms with Crippen LogP contribution in [0.25, 0.3) is 5.69 Å². The maximum atomic E-state index is 13.0. The minimum Gasteiger partial charge on any atom is -0.390 e. The molecule has 1 aromatic carbocycles. The molecule has 0 aliphatic carbocycles. The van der Waals surface area contributed by atoms with Crippen molar-refractivity contribution in [3.63, 3.8) is 0 Å². The van der Waals surface area contributed by atoms with Gasteiger partial charge in [-0.1, -0.05) is 6.07 Å². The first kappa shape index (κ1) is 18.1. The molecule has 1 saturated heterocycles. The average molecular weight is 385 g/mol. The van der Waals surface area contributed by atoms with Gasteiger partial charge in [0.05, 0.1) is 34.2 Å². The van der Waals surface area contributed by atoms with Gasteiger partial charge in [-0.05, 0) is 30.7 Å². The van der Waals surface area contributed by atoms with Gasteiger partial charge in [-0.15, -0.1) is 0 Å². The number of aromatic nitrogens is 2. The Hall–Kier alpha value is -1.75. The van der Waals surface area contributed by atoms with Gasteiger partial charge >= 0.3 is 0 Å². The van der Waals surface area contributed by atoms with Gasteiger partial charge in [0.2, 0.25) is 10.0 Å². The lowest BCUT2D eigenvalue weighted by atomic mass is 10.2. The molecule has 1 aliphatic rings. The molecule has 0 unspecified atom stereocenters. The summed E-state index contributed by atoms with van der Waals surface area (Å²) in [7, 11) is -6.14. The van der Waals surface area contributed by atoms with Crippen LogP contribution in [0.2, 0.25) is 0 Å². The maximum absolute atomic E-state index is 13.0. The van der Waals surface area contributed by atoms with Gasteiger partial charge in [0.1, 0.15) is 0 Å². The Bertz CT molecular complexity index is 984. The van der Waals surface area contributed by atoms with Gasteiger partial charge in [0, 0.05) is 19.4 Å². The molecule has 8 nitrogen and oxygen atoms in total. The molecule has 2 aromatic rings. The number of aliphatic hydroxyl groups is 1. The number of aryl methyl sites for hydroxylation is 1. The van der Waals surface area contributed by atoms with E-state index in [1.807, 2.05) is 0 Å². The first-order chi connectivity index (χ1) is 11.6. The van der Waals surface area contributed by atoms with Crippen LogP contribution in [-0.2, 0) is 19.9 Å². The van der Waals surface area contributed by atoms with Crippen molar-refractivity contribution >= 4 is 19.9 Å². The molecule has 136 valence electrons. The van der Waals surface area contributed by atoms with E-state index in [0.717, 1.165) is 4.31 Å². The Morgan fingerprint density at radius 3 is 2.60 bits per heavy atom. The quantitative estimate of drug-likeness (QED) is 0.791. The SMILES string of the molecule is Cc1ccc(-n2cccn2)cc1S(=O)(=O)N(C)[C@@H]1CS(=O)(=O)C[C@H]1O. The highest BCUT2D eigenvalue weighted by Crippen LogP contribution is 2.27. The second kappa shape index (κ2) is 6.20. The van der Waals surface area contributed by atoms with E-state index in [2.05, 4.69) is 5.10 Å². The number of benzene rings is 1. The van der Waals surface area contributed by atoms with Crippen LogP contribution in [0.15, 0.2) is 41.6 Å². The van der Waals surface area contributed by atoms with Gasteiger partial charge < -0.3 is 5.11 Å². The fourth-order valence-electron chi connectivity index (χ4n) is 2.92. The van der Waals surface area contributed by atoms with Crippen molar-refractivity contribution in [1.29, 1.82) is 0 Å². The minimum absolute atomic E-state index is 0.0551. The van der Waals surface area contributed by atoms with E-state index in [9.17, 15) is 21.9 Å². The van der Waals surface area contributed by atoms with Crippen molar-refractivity contribution in [2.75, 3.05) is 18.6 Å². The Kier molecular flexibility index (Phi) is 4.48. The molecule has 1 aliphatic heterocycles. The molecule has 0 spiro atoms. The molecule has 2 heterocycles. The van der Waals surface area contributed by atoms with Gasteiger partial charge in [-0.3, -0.25) is 0 Å². The van der Waals surface area contributed by atoms with Crippen LogP contribution in [-0.4, -0.2) is 66.7 Å². The van der Waals surface area contributed by atoms with Crippen LogP contribution in [0.5, 0.6) is 0 Å². The molecular weight excluding hydrogens is 366 g/mol. The second-order valence-corrected chi connectivity index (χ2v) is 10.3. The van der Waals surface area contributed by atoms with E-state index in [1.165, 1.54) is 17.8 Å². The molecule has 25 heavy (non-hydrogen) atoms. The lowest BCUT2D eigenvalue weighted by molar-refractivity contribution is 0.137. The van der Waals surface area contributed by atoms with Crippen LogP contribution >= 0.6 is 0 Å². The zero-order chi connectivity index (χ0) is 18.4. The number of likely N-dealkylation sites (N-methyl/N-ethyl adjacent to an activating group) is 1. The zero-order valence-corrected chi connectivity index (χ0v) is 15.4. The number of hydrogen-bond donors (Lipinski definition) is 1. The van der Waals surface area contributed by atoms with Crippen LogP contribution < -0.4 is 0 Å². The molecule has 0 saturated carbocycles. The number of aliphatic hydroxyl groups excluding tert-OH is 1. The van der Waals surface area contributed by atoms with Crippen LogP contribution in [0, 0.1) is 6.92 Å². The summed E-state index contributed by atoms with van der Waals surface area (Å²) in [5.41, 5.74) is 1.10. The average Bonchev–Trinajstić information content (AvgIpc) is 3.14. The maximum Gasteiger partial charge on any atom is 0.243 e. The lowest BCUT2D eigenvalue weighted by Gasteiger charge is -2.26. The van der Waals surface area contributed by atoms with Gasteiger partial charge in [-0.25, -0.2) is 21.5 Å². The van der Waals surface area contributed by atoms with Crippen molar-refractivity contribution in [3.8, 4) is 5.69 Å². The highest BCUT2D eigenvalue weighted by Gasteiger charge is 2.43. The zero-order valence-electron chi connectivity index (χ0n) is 13.8. The van der Waals surface area contributed by atoms with E-state index in [-0.39, 0.29) is 10.6 Å². The molecule has 10 heteroatoms. The van der Waals surface area contributed by atoms with Crippen molar-refractivity contribution in [1.82, 2.24) is 14.1 Å². The standard InChI is InChI=1S/C15H19N3O5S2/c1-11-4-5-12(18-7-3-6-16-18)8-15(11)25(22,23)17(2)13-9-24(20,21)10-14(13)19/h3-8,13-14,19H,9-10H2,1-2H3/t13-,14-/m1/s1. The molecule has 0 radical (unpaired) electrons. The molecular formula is C15H19N3O5S2. The summed E-state index contributed by atoms with van der Waals surface area (Å²) < 4.78 is 51.9. The predicted molar refractivity (Wildman–Crippen MR) is 91.7 cm³/mol. The number of sulfonamides is 1. The highest BCUT2D eigenvalue weighted by atomic mass is 32.2. The number of hydrogen-bond acceptors (Lipinski definition) is 6. The fourth-order valence-corrected chi connectivity index (χ4v) is 6.49. The molecule has 0 bridgehead atoms. The normalized spacial score (nSPS) is 23.2. The van der Waals surface area contributed by atoms with Crippen LogP contribution in [0.3, 0.4) is 0 Å². The summed E-state index contributed by atoms with van der Waals surface area (Å²) >= 11 is 0. The summed E-state index contributed by atoms with van der Waals surface area (Å²) in [4.78, 5) is 0.0551. The molecule has 3 rings (SSSR count). The van der Waals surface area contributed by atoms with Crippen LogP contribution in [0.1, 0.15) is 5.56 Å². The summed E-state index contributed by atoms with van der Waals surface area (Å²) in [6.07, 6.45) is 2.04. The summed E-state index contributed by atoms with van der Waals surface area (Å²) in [6.45, 7) is 1.66. The van der Waals surface area contributed by atoms with Crippen molar-refractivity contribution in [3.05, 3.63) is 42.2 Å². The lowest BCUT2D eigenvalue weighted by Crippen LogP contribution is -2.44. The van der Waals surface area contributed by atoms with Crippen molar-refractivity contribution in [2.24, 2.45) is 0 Å². The van der Waals surface area contributed by atoms with Crippen molar-refractivity contribution in [2.45, 2.75) is 24.0 Å². The smallest absolute Gasteiger partial charge is 0.243 e. The summed E-state index contributed by atoms with van der Waals surface area (Å²) in [5, 5.41) is 14.1. The Balaban J connectivity index is 2.01. The monoisotopic (exact) mass is 385 g/mol. The van der Waals surface area contributed by atoms with Gasteiger partial charge in [0.25, 0.3) is 0 Å². The van der Waals surface area contributed by atoms with E-state index in [4.69, 9.17) is 0 Å². The molecule has 0 amide bonds. The third kappa shape index (κ3) is 3.34. The molecule has 1 N–H and O–H groups in total. The third-order valence-electron chi connectivity index (χ3n) is 4.36. The Morgan fingerprint density at radius 2 is 2.04 bits per heavy atom. The predicted octanol–water partition coefficient (Wildman–Crippen LogP) is -0.0409. The van der Waals surface area contributed by atoms with Crippen molar-refractivity contribution < 1.29 is 21.9 Å². The number of sulfone groups is 1. The molecule has 2 atom stereocenters.